The van der Waals surface area contributed by atoms with Gasteiger partial charge < -0.3 is 0 Å². The molecule has 15 heavy (non-hydrogen) atoms. The van der Waals surface area contributed by atoms with Crippen molar-refractivity contribution < 1.29 is 13.2 Å². The molecule has 1 aromatic rings. The molecular weight excluding hydrogens is 203 g/mol. The number of hydrogen-bond acceptors (Lipinski definition) is 1. The summed E-state index contributed by atoms with van der Waals surface area (Å²) in [6, 6.07) is 3.04. The lowest BCUT2D eigenvalue weighted by atomic mass is 10.1. The maximum absolute atomic E-state index is 12.2. The van der Waals surface area contributed by atoms with E-state index in [1.807, 2.05) is 13.8 Å². The first kappa shape index (κ1) is 13.9. The van der Waals surface area contributed by atoms with E-state index >= 15 is 0 Å². The molecule has 1 nitrogen and oxygen atoms in total. The minimum Gasteiger partial charge on any atom is -0.260 e. The van der Waals surface area contributed by atoms with Crippen molar-refractivity contribution in [2.75, 3.05) is 0 Å². The van der Waals surface area contributed by atoms with Gasteiger partial charge in [-0.25, -0.2) is 0 Å². The predicted molar refractivity (Wildman–Crippen MR) is 54.8 cm³/mol. The van der Waals surface area contributed by atoms with E-state index in [9.17, 15) is 13.2 Å². The molecule has 1 aromatic heterocycles. The Morgan fingerprint density at radius 2 is 1.73 bits per heavy atom. The Labute approximate surface area is 88.3 Å². The molecule has 1 atom stereocenters. The maximum Gasteiger partial charge on any atom is 0.396 e. The van der Waals surface area contributed by atoms with Crippen molar-refractivity contribution >= 4 is 0 Å². The topological polar surface area (TPSA) is 12.9 Å². The number of aryl methyl sites for hydroxylation is 1. The Morgan fingerprint density at radius 3 is 2.07 bits per heavy atom. The maximum atomic E-state index is 12.2. The number of halogens is 3. The molecule has 0 aliphatic carbocycles. The van der Waals surface area contributed by atoms with Crippen molar-refractivity contribution in [3.8, 4) is 0 Å². The van der Waals surface area contributed by atoms with Gasteiger partial charge in [-0.1, -0.05) is 19.9 Å². The van der Waals surface area contributed by atoms with Crippen LogP contribution in [-0.2, 0) is 0 Å². The molecule has 0 amide bonds. The molecule has 0 aliphatic heterocycles. The van der Waals surface area contributed by atoms with E-state index in [4.69, 9.17) is 0 Å². The zero-order valence-electron chi connectivity index (χ0n) is 9.39. The highest BCUT2D eigenvalue weighted by Gasteiger charge is 2.37. The van der Waals surface area contributed by atoms with Crippen LogP contribution in [0, 0.1) is 6.92 Å². The molecule has 1 unspecified atom stereocenters. The van der Waals surface area contributed by atoms with Crippen LogP contribution in [0.4, 0.5) is 13.2 Å². The fraction of sp³-hybridized carbons (Fsp3) is 0.545. The highest BCUT2D eigenvalue weighted by molar-refractivity contribution is 5.16. The second-order valence-electron chi connectivity index (χ2n) is 3.02. The van der Waals surface area contributed by atoms with Crippen LogP contribution in [0.1, 0.15) is 37.9 Å². The third kappa shape index (κ3) is 4.32. The first-order valence-electron chi connectivity index (χ1n) is 4.90. The molecule has 0 spiro atoms. The summed E-state index contributed by atoms with van der Waals surface area (Å²) in [7, 11) is 0. The fourth-order valence-electron chi connectivity index (χ4n) is 0.903. The molecule has 86 valence electrons. The largest absolute Gasteiger partial charge is 0.396 e. The van der Waals surface area contributed by atoms with Gasteiger partial charge >= 0.3 is 6.18 Å². The van der Waals surface area contributed by atoms with E-state index in [1.54, 1.807) is 13.0 Å². The van der Waals surface area contributed by atoms with Crippen molar-refractivity contribution in [1.29, 1.82) is 0 Å². The van der Waals surface area contributed by atoms with Gasteiger partial charge in [0.1, 0.15) is 0 Å². The molecule has 0 fully saturated rings. The number of alkyl halides is 3. The number of aromatic nitrogens is 1. The highest BCUT2D eigenvalue weighted by atomic mass is 19.4. The SMILES string of the molecule is CC.Cc1ccc(C(C)C(F)(F)F)nc1. The first-order chi connectivity index (χ1) is 6.91. The van der Waals surface area contributed by atoms with Crippen LogP contribution in [0.5, 0.6) is 0 Å². The zero-order valence-corrected chi connectivity index (χ0v) is 9.39. The molecule has 0 radical (unpaired) electrons. The monoisotopic (exact) mass is 219 g/mol. The summed E-state index contributed by atoms with van der Waals surface area (Å²) in [6.07, 6.45) is -2.76. The van der Waals surface area contributed by atoms with Gasteiger partial charge in [0.15, 0.2) is 0 Å². The van der Waals surface area contributed by atoms with E-state index in [2.05, 4.69) is 4.98 Å². The van der Waals surface area contributed by atoms with Crippen LogP contribution in [0.3, 0.4) is 0 Å². The molecule has 0 bridgehead atoms. The van der Waals surface area contributed by atoms with E-state index in [0.29, 0.717) is 0 Å². The Kier molecular flexibility index (Phi) is 5.33. The van der Waals surface area contributed by atoms with Gasteiger partial charge in [0.2, 0.25) is 0 Å². The minimum atomic E-state index is -4.21. The van der Waals surface area contributed by atoms with Crippen LogP contribution in [0.15, 0.2) is 18.3 Å². The second-order valence-corrected chi connectivity index (χ2v) is 3.02. The predicted octanol–water partition coefficient (Wildman–Crippen LogP) is 4.08. The zero-order chi connectivity index (χ0) is 12.1. The van der Waals surface area contributed by atoms with E-state index in [1.165, 1.54) is 12.3 Å². The van der Waals surface area contributed by atoms with Gasteiger partial charge in [0.25, 0.3) is 0 Å². The Morgan fingerprint density at radius 1 is 1.20 bits per heavy atom. The van der Waals surface area contributed by atoms with Gasteiger partial charge in [-0.3, -0.25) is 4.98 Å². The van der Waals surface area contributed by atoms with Crippen LogP contribution in [0.2, 0.25) is 0 Å². The molecule has 0 saturated heterocycles. The van der Waals surface area contributed by atoms with Gasteiger partial charge in [0.05, 0.1) is 11.6 Å². The van der Waals surface area contributed by atoms with Crippen LogP contribution >= 0.6 is 0 Å². The summed E-state index contributed by atoms with van der Waals surface area (Å²) < 4.78 is 36.6. The summed E-state index contributed by atoms with van der Waals surface area (Å²) in [6.45, 7) is 6.90. The molecule has 0 saturated carbocycles. The van der Waals surface area contributed by atoms with Crippen molar-refractivity contribution in [2.45, 2.75) is 39.8 Å². The van der Waals surface area contributed by atoms with Crippen LogP contribution in [-0.4, -0.2) is 11.2 Å². The third-order valence-corrected chi connectivity index (χ3v) is 1.87. The summed E-state index contributed by atoms with van der Waals surface area (Å²) in [5, 5.41) is 0. The Hall–Kier alpha value is -1.06. The fourth-order valence-corrected chi connectivity index (χ4v) is 0.903. The molecule has 4 heteroatoms. The van der Waals surface area contributed by atoms with Crippen molar-refractivity contribution in [3.63, 3.8) is 0 Å². The quantitative estimate of drug-likeness (QED) is 0.693. The number of rotatable bonds is 1. The first-order valence-corrected chi connectivity index (χ1v) is 4.90. The average Bonchev–Trinajstić information content (AvgIpc) is 2.20. The van der Waals surface area contributed by atoms with Crippen molar-refractivity contribution in [1.82, 2.24) is 4.98 Å². The van der Waals surface area contributed by atoms with E-state index < -0.39 is 12.1 Å². The van der Waals surface area contributed by atoms with Crippen LogP contribution in [0.25, 0.3) is 0 Å². The molecule has 1 rings (SSSR count). The Bertz CT molecular complexity index is 277. The summed E-state index contributed by atoms with van der Waals surface area (Å²) >= 11 is 0. The number of pyridine rings is 1. The summed E-state index contributed by atoms with van der Waals surface area (Å²) in [5.41, 5.74) is 0.927. The smallest absolute Gasteiger partial charge is 0.260 e. The standard InChI is InChI=1S/C9H10F3N.C2H6/c1-6-3-4-8(13-5-6)7(2)9(10,11)12;1-2/h3-5,7H,1-2H3;1-2H3. The number of nitrogens with zero attached hydrogens (tertiary/aromatic N) is 1. The lowest BCUT2D eigenvalue weighted by molar-refractivity contribution is -0.147. The second kappa shape index (κ2) is 5.73. The Balaban J connectivity index is 0.000000921. The normalized spacial score (nSPS) is 12.7. The summed E-state index contributed by atoms with van der Waals surface area (Å²) in [4.78, 5) is 3.72. The highest BCUT2D eigenvalue weighted by Crippen LogP contribution is 2.32. The van der Waals surface area contributed by atoms with Crippen molar-refractivity contribution in [2.24, 2.45) is 0 Å². The molecule has 0 aliphatic rings. The molecule has 0 aromatic carbocycles. The third-order valence-electron chi connectivity index (χ3n) is 1.87. The average molecular weight is 219 g/mol. The van der Waals surface area contributed by atoms with E-state index in [0.717, 1.165) is 12.5 Å². The molecule has 1 heterocycles. The van der Waals surface area contributed by atoms with Gasteiger partial charge in [-0.2, -0.15) is 13.2 Å². The van der Waals surface area contributed by atoms with Gasteiger partial charge in [-0.15, -0.1) is 0 Å². The summed E-state index contributed by atoms with van der Waals surface area (Å²) in [5.74, 6) is -1.49. The van der Waals surface area contributed by atoms with Gasteiger partial charge in [0, 0.05) is 6.20 Å². The van der Waals surface area contributed by atoms with Crippen molar-refractivity contribution in [3.05, 3.63) is 29.6 Å². The lowest BCUT2D eigenvalue weighted by Crippen LogP contribution is -2.18. The van der Waals surface area contributed by atoms with E-state index in [-0.39, 0.29) is 5.69 Å². The van der Waals surface area contributed by atoms with Crippen LogP contribution < -0.4 is 0 Å². The number of hydrogen-bond donors (Lipinski definition) is 0. The molecule has 0 N–H and O–H groups in total. The lowest BCUT2D eigenvalue weighted by Gasteiger charge is -2.14. The molecular formula is C11H16F3N. The minimum absolute atomic E-state index is 0.0677. The van der Waals surface area contributed by atoms with Gasteiger partial charge in [-0.05, 0) is 25.5 Å².